The van der Waals surface area contributed by atoms with Crippen molar-refractivity contribution in [3.8, 4) is 0 Å². The molecule has 2 heterocycles. The van der Waals surface area contributed by atoms with Crippen molar-refractivity contribution in [2.45, 2.75) is 43.7 Å². The molecule has 128 valence electrons. The second kappa shape index (κ2) is 8.10. The first kappa shape index (κ1) is 17.4. The molecule has 1 aromatic carbocycles. The normalized spacial score (nSPS) is 31.8. The highest BCUT2D eigenvalue weighted by Gasteiger charge is 2.30. The molecule has 2 bridgehead atoms. The van der Waals surface area contributed by atoms with E-state index in [2.05, 4.69) is 28.1 Å². The number of hydrogen-bond donors (Lipinski definition) is 0. The van der Waals surface area contributed by atoms with Crippen molar-refractivity contribution in [1.82, 2.24) is 0 Å². The highest BCUT2D eigenvalue weighted by molar-refractivity contribution is 9.10. The van der Waals surface area contributed by atoms with E-state index in [1.165, 1.54) is 0 Å². The van der Waals surface area contributed by atoms with E-state index in [0.29, 0.717) is 6.42 Å². The molecule has 0 radical (unpaired) electrons. The van der Waals surface area contributed by atoms with Gasteiger partial charge in [0.15, 0.2) is 0 Å². The maximum atomic E-state index is 12.4. The van der Waals surface area contributed by atoms with Crippen molar-refractivity contribution in [3.63, 3.8) is 0 Å². The fourth-order valence-corrected chi connectivity index (χ4v) is 3.25. The SMILES string of the molecule is CO[C@H]1C=C[C@H]2C/C=C\C[C@H](c3ccc(Br)cc3)OC(=O)C[C@@H]1O2. The van der Waals surface area contributed by atoms with Crippen LogP contribution in [0.4, 0.5) is 0 Å². The Labute approximate surface area is 150 Å². The number of ether oxygens (including phenoxy) is 3. The molecule has 0 spiro atoms. The van der Waals surface area contributed by atoms with Gasteiger partial charge in [0.05, 0.1) is 18.6 Å². The summed E-state index contributed by atoms with van der Waals surface area (Å²) in [6.45, 7) is 0. The smallest absolute Gasteiger partial charge is 0.309 e. The van der Waals surface area contributed by atoms with Crippen LogP contribution in [0.2, 0.25) is 0 Å². The molecule has 0 fully saturated rings. The van der Waals surface area contributed by atoms with E-state index in [4.69, 9.17) is 14.2 Å². The number of carbonyl (C=O) groups is 1. The van der Waals surface area contributed by atoms with Crippen molar-refractivity contribution in [2.24, 2.45) is 0 Å². The predicted molar refractivity (Wildman–Crippen MR) is 94.6 cm³/mol. The van der Waals surface area contributed by atoms with Crippen LogP contribution in [0, 0.1) is 0 Å². The average Bonchev–Trinajstić information content (AvgIpc) is 2.60. The van der Waals surface area contributed by atoms with Crippen LogP contribution in [0.5, 0.6) is 0 Å². The van der Waals surface area contributed by atoms with Crippen molar-refractivity contribution in [1.29, 1.82) is 0 Å². The van der Waals surface area contributed by atoms with Gasteiger partial charge in [-0.15, -0.1) is 0 Å². The first-order valence-electron chi connectivity index (χ1n) is 8.12. The molecule has 24 heavy (non-hydrogen) atoms. The first-order chi connectivity index (χ1) is 11.7. The zero-order valence-corrected chi connectivity index (χ0v) is 15.1. The second-order valence-electron chi connectivity index (χ2n) is 5.98. The zero-order chi connectivity index (χ0) is 16.9. The lowest BCUT2D eigenvalue weighted by atomic mass is 10.0. The maximum absolute atomic E-state index is 12.4. The summed E-state index contributed by atoms with van der Waals surface area (Å²) >= 11 is 3.43. The third-order valence-electron chi connectivity index (χ3n) is 4.27. The van der Waals surface area contributed by atoms with Crippen LogP contribution >= 0.6 is 15.9 Å². The monoisotopic (exact) mass is 392 g/mol. The molecule has 0 unspecified atom stereocenters. The number of rotatable bonds is 2. The van der Waals surface area contributed by atoms with Crippen molar-refractivity contribution < 1.29 is 19.0 Å². The Kier molecular flexibility index (Phi) is 5.87. The molecule has 5 heteroatoms. The Balaban J connectivity index is 1.79. The largest absolute Gasteiger partial charge is 0.457 e. The quantitative estimate of drug-likeness (QED) is 0.560. The fraction of sp³-hybridized carbons (Fsp3) is 0.421. The topological polar surface area (TPSA) is 44.8 Å². The summed E-state index contributed by atoms with van der Waals surface area (Å²) < 4.78 is 18.1. The van der Waals surface area contributed by atoms with E-state index in [1.807, 2.05) is 36.4 Å². The number of cyclic esters (lactones) is 1. The van der Waals surface area contributed by atoms with Crippen LogP contribution in [0.1, 0.15) is 30.9 Å². The Morgan fingerprint density at radius 2 is 1.88 bits per heavy atom. The average molecular weight is 393 g/mol. The molecule has 0 aromatic heterocycles. The maximum Gasteiger partial charge on any atom is 0.309 e. The van der Waals surface area contributed by atoms with E-state index >= 15 is 0 Å². The summed E-state index contributed by atoms with van der Waals surface area (Å²) in [6.07, 6.45) is 8.92. The number of halogens is 1. The molecular formula is C19H21BrO4. The number of methoxy groups -OCH3 is 1. The lowest BCUT2D eigenvalue weighted by Gasteiger charge is -2.30. The molecule has 4 atom stereocenters. The lowest BCUT2D eigenvalue weighted by molar-refractivity contribution is -0.156. The number of hydrogen-bond acceptors (Lipinski definition) is 4. The van der Waals surface area contributed by atoms with E-state index in [9.17, 15) is 4.79 Å². The van der Waals surface area contributed by atoms with E-state index in [1.54, 1.807) is 7.11 Å². The van der Waals surface area contributed by atoms with Gasteiger partial charge in [-0.2, -0.15) is 0 Å². The standard InChI is InChI=1S/C19H21BrO4/c1-22-17-11-10-15-4-2-3-5-16(13-6-8-14(20)9-7-13)24-19(21)12-18(17)23-15/h2-3,6-11,15-18H,4-5,12H2,1H3/b3-2-/t15-,16-,17+,18+/m1/s1. The number of carbonyl (C=O) groups excluding carboxylic acids is 1. The number of benzene rings is 1. The lowest BCUT2D eigenvalue weighted by Crippen LogP contribution is -2.38. The minimum Gasteiger partial charge on any atom is -0.457 e. The Morgan fingerprint density at radius 1 is 1.12 bits per heavy atom. The van der Waals surface area contributed by atoms with Gasteiger partial charge in [-0.25, -0.2) is 0 Å². The Bertz CT molecular complexity index is 623. The number of fused-ring (bicyclic) bond motifs is 2. The second-order valence-corrected chi connectivity index (χ2v) is 6.89. The van der Waals surface area contributed by atoms with Gasteiger partial charge in [-0.3, -0.25) is 4.79 Å². The number of esters is 1. The Hall–Kier alpha value is -1.43. The van der Waals surface area contributed by atoms with E-state index in [-0.39, 0.29) is 36.8 Å². The minimum absolute atomic E-state index is 0.0188. The molecule has 1 aromatic rings. The third kappa shape index (κ3) is 4.35. The molecular weight excluding hydrogens is 372 g/mol. The van der Waals surface area contributed by atoms with Crippen LogP contribution in [-0.2, 0) is 19.0 Å². The molecule has 2 aliphatic heterocycles. The highest BCUT2D eigenvalue weighted by atomic mass is 79.9. The van der Waals surface area contributed by atoms with Crippen LogP contribution in [-0.4, -0.2) is 31.4 Å². The van der Waals surface area contributed by atoms with Crippen LogP contribution in [0.3, 0.4) is 0 Å². The first-order valence-corrected chi connectivity index (χ1v) is 8.91. The highest BCUT2D eigenvalue weighted by Crippen LogP contribution is 2.27. The zero-order valence-electron chi connectivity index (χ0n) is 13.6. The summed E-state index contributed by atoms with van der Waals surface area (Å²) in [7, 11) is 1.62. The van der Waals surface area contributed by atoms with Gasteiger partial charge in [0.2, 0.25) is 0 Å². The van der Waals surface area contributed by atoms with Gasteiger partial charge in [0.25, 0.3) is 0 Å². The van der Waals surface area contributed by atoms with Gasteiger partial charge in [0.1, 0.15) is 12.2 Å². The predicted octanol–water partition coefficient (Wildman–Crippen LogP) is 4.11. The van der Waals surface area contributed by atoms with Crippen molar-refractivity contribution in [2.75, 3.05) is 7.11 Å². The molecule has 2 aliphatic rings. The van der Waals surface area contributed by atoms with Crippen LogP contribution in [0.15, 0.2) is 53.0 Å². The van der Waals surface area contributed by atoms with Gasteiger partial charge in [-0.05, 0) is 24.1 Å². The van der Waals surface area contributed by atoms with Gasteiger partial charge < -0.3 is 14.2 Å². The molecule has 3 rings (SSSR count). The molecule has 0 saturated heterocycles. The summed E-state index contributed by atoms with van der Waals surface area (Å²) in [5.41, 5.74) is 0.987. The summed E-state index contributed by atoms with van der Waals surface area (Å²) in [4.78, 5) is 12.4. The summed E-state index contributed by atoms with van der Waals surface area (Å²) in [6, 6.07) is 7.87. The van der Waals surface area contributed by atoms with Crippen molar-refractivity contribution in [3.05, 3.63) is 58.6 Å². The van der Waals surface area contributed by atoms with Crippen LogP contribution < -0.4 is 0 Å². The molecule has 0 saturated carbocycles. The van der Waals surface area contributed by atoms with Crippen LogP contribution in [0.25, 0.3) is 0 Å². The Morgan fingerprint density at radius 3 is 2.62 bits per heavy atom. The summed E-state index contributed by atoms with van der Waals surface area (Å²) in [5.74, 6) is -0.265. The molecule has 4 nitrogen and oxygen atoms in total. The molecule has 0 N–H and O–H groups in total. The third-order valence-corrected chi connectivity index (χ3v) is 4.80. The van der Waals surface area contributed by atoms with E-state index < -0.39 is 0 Å². The van der Waals surface area contributed by atoms with Crippen molar-refractivity contribution >= 4 is 21.9 Å². The van der Waals surface area contributed by atoms with Gasteiger partial charge in [0, 0.05) is 18.0 Å². The van der Waals surface area contributed by atoms with Gasteiger partial charge >= 0.3 is 5.97 Å². The van der Waals surface area contributed by atoms with Gasteiger partial charge in [-0.1, -0.05) is 52.4 Å². The summed E-state index contributed by atoms with van der Waals surface area (Å²) in [5, 5.41) is 0. The molecule has 0 aliphatic carbocycles. The minimum atomic E-state index is -0.311. The fourth-order valence-electron chi connectivity index (χ4n) is 2.98. The molecule has 0 amide bonds. The van der Waals surface area contributed by atoms with E-state index in [0.717, 1.165) is 16.5 Å².